The molecule has 122 valence electrons. The number of hydrogen-bond donors (Lipinski definition) is 2. The monoisotopic (exact) mass is 342 g/mol. The zero-order valence-electron chi connectivity index (χ0n) is 13.3. The van der Waals surface area contributed by atoms with Crippen LogP contribution in [0.3, 0.4) is 0 Å². The van der Waals surface area contributed by atoms with Gasteiger partial charge in [0.25, 0.3) is 0 Å². The number of fused-ring (bicyclic) bond motifs is 1. The number of likely N-dealkylation sites (N-methyl/N-ethyl adjacent to an activating group) is 1. The molecule has 5 nitrogen and oxygen atoms in total. The molecule has 0 fully saturated rings. The van der Waals surface area contributed by atoms with E-state index in [1.165, 1.54) is 11.3 Å². The highest BCUT2D eigenvalue weighted by molar-refractivity contribution is 7.90. The predicted octanol–water partition coefficient (Wildman–Crippen LogP) is 1.80. The van der Waals surface area contributed by atoms with Crippen LogP contribution in [-0.2, 0) is 10.0 Å². The van der Waals surface area contributed by atoms with E-state index in [0.29, 0.717) is 11.4 Å². The average molecular weight is 342 g/mol. The molecule has 0 radical (unpaired) electrons. The second-order valence-electron chi connectivity index (χ2n) is 6.04. The molecule has 1 aromatic carbocycles. The van der Waals surface area contributed by atoms with Crippen molar-refractivity contribution in [1.82, 2.24) is 9.62 Å². The van der Waals surface area contributed by atoms with Gasteiger partial charge in [0.1, 0.15) is 4.90 Å². The summed E-state index contributed by atoms with van der Waals surface area (Å²) in [6.07, 6.45) is 0. The standard InChI is InChI=1S/C15H22N2O3S2/c1-11-14(12-7-5-6-8-13(12)21-11)22(19,20)16-9-15(2,18)10-17(3)4/h5-8,16,18H,9-10H2,1-4H3. The molecular formula is C15H22N2O3S2. The Morgan fingerprint density at radius 3 is 2.59 bits per heavy atom. The lowest BCUT2D eigenvalue weighted by Gasteiger charge is -2.27. The summed E-state index contributed by atoms with van der Waals surface area (Å²) in [5.74, 6) is 0. The minimum atomic E-state index is -3.66. The SMILES string of the molecule is Cc1sc2ccccc2c1S(=O)(=O)NCC(C)(O)CN(C)C. The lowest BCUT2D eigenvalue weighted by Crippen LogP contribution is -2.47. The highest BCUT2D eigenvalue weighted by Crippen LogP contribution is 2.33. The van der Waals surface area contributed by atoms with Crippen LogP contribution in [0.5, 0.6) is 0 Å². The Morgan fingerprint density at radius 1 is 1.32 bits per heavy atom. The molecule has 7 heteroatoms. The van der Waals surface area contributed by atoms with Crippen LogP contribution in [0.2, 0.25) is 0 Å². The van der Waals surface area contributed by atoms with E-state index in [0.717, 1.165) is 15.0 Å². The third-order valence-corrected chi connectivity index (χ3v) is 6.09. The molecule has 2 N–H and O–H groups in total. The van der Waals surface area contributed by atoms with Gasteiger partial charge in [-0.15, -0.1) is 11.3 Å². The molecule has 1 aromatic heterocycles. The fourth-order valence-electron chi connectivity index (χ4n) is 2.54. The molecule has 1 heterocycles. The zero-order valence-corrected chi connectivity index (χ0v) is 14.9. The van der Waals surface area contributed by atoms with Gasteiger partial charge in [-0.25, -0.2) is 13.1 Å². The first-order valence-corrected chi connectivity index (χ1v) is 9.27. The van der Waals surface area contributed by atoms with Crippen molar-refractivity contribution in [2.75, 3.05) is 27.2 Å². The van der Waals surface area contributed by atoms with Crippen molar-refractivity contribution in [3.63, 3.8) is 0 Å². The number of benzene rings is 1. The highest BCUT2D eigenvalue weighted by Gasteiger charge is 2.27. The molecule has 1 atom stereocenters. The van der Waals surface area contributed by atoms with E-state index in [1.807, 2.05) is 43.3 Å². The maximum atomic E-state index is 12.6. The van der Waals surface area contributed by atoms with E-state index in [4.69, 9.17) is 0 Å². The summed E-state index contributed by atoms with van der Waals surface area (Å²) < 4.78 is 28.7. The Hall–Kier alpha value is -0.990. The normalized spacial score (nSPS) is 15.4. The van der Waals surface area contributed by atoms with Gasteiger partial charge >= 0.3 is 0 Å². The topological polar surface area (TPSA) is 69.6 Å². The lowest BCUT2D eigenvalue weighted by atomic mass is 10.1. The largest absolute Gasteiger partial charge is 0.387 e. The molecule has 2 rings (SSSR count). The van der Waals surface area contributed by atoms with Crippen LogP contribution >= 0.6 is 11.3 Å². The second kappa shape index (κ2) is 6.25. The van der Waals surface area contributed by atoms with Crippen molar-refractivity contribution in [2.24, 2.45) is 0 Å². The van der Waals surface area contributed by atoms with Crippen LogP contribution in [0, 0.1) is 6.92 Å². The number of nitrogens with zero attached hydrogens (tertiary/aromatic N) is 1. The van der Waals surface area contributed by atoms with Crippen LogP contribution in [-0.4, -0.2) is 51.2 Å². The quantitative estimate of drug-likeness (QED) is 0.840. The predicted molar refractivity (Wildman–Crippen MR) is 90.9 cm³/mol. The summed E-state index contributed by atoms with van der Waals surface area (Å²) in [5, 5.41) is 11.0. The molecule has 0 saturated carbocycles. The van der Waals surface area contributed by atoms with E-state index in [-0.39, 0.29) is 6.54 Å². The summed E-state index contributed by atoms with van der Waals surface area (Å²) in [7, 11) is 0.00438. The van der Waals surface area contributed by atoms with Gasteiger partial charge < -0.3 is 10.0 Å². The number of aliphatic hydroxyl groups is 1. The number of thiophene rings is 1. The van der Waals surface area contributed by atoms with Crippen LogP contribution in [0.4, 0.5) is 0 Å². The third-order valence-electron chi connectivity index (χ3n) is 3.28. The van der Waals surface area contributed by atoms with E-state index < -0.39 is 15.6 Å². The van der Waals surface area contributed by atoms with E-state index in [2.05, 4.69) is 4.72 Å². The van der Waals surface area contributed by atoms with E-state index in [9.17, 15) is 13.5 Å². The lowest BCUT2D eigenvalue weighted by molar-refractivity contribution is 0.0386. The summed E-state index contributed by atoms with van der Waals surface area (Å²) in [6, 6.07) is 7.44. The first kappa shape index (κ1) is 17.4. The maximum absolute atomic E-state index is 12.6. The van der Waals surface area contributed by atoms with Gasteiger partial charge in [-0.1, -0.05) is 18.2 Å². The second-order valence-corrected chi connectivity index (χ2v) is 9.00. The van der Waals surface area contributed by atoms with Gasteiger partial charge in [0.15, 0.2) is 0 Å². The number of rotatable bonds is 6. The molecule has 0 aliphatic rings. The van der Waals surface area contributed by atoms with Crippen LogP contribution in [0.25, 0.3) is 10.1 Å². The minimum Gasteiger partial charge on any atom is -0.387 e. The molecule has 1 unspecified atom stereocenters. The first-order valence-electron chi connectivity index (χ1n) is 6.97. The van der Waals surface area contributed by atoms with Gasteiger partial charge in [0.05, 0.1) is 5.60 Å². The molecular weight excluding hydrogens is 320 g/mol. The molecule has 2 aromatic rings. The molecule has 0 saturated heterocycles. The van der Waals surface area contributed by atoms with Crippen molar-refractivity contribution in [2.45, 2.75) is 24.3 Å². The van der Waals surface area contributed by atoms with Crippen molar-refractivity contribution in [3.8, 4) is 0 Å². The maximum Gasteiger partial charge on any atom is 0.242 e. The zero-order chi connectivity index (χ0) is 16.5. The molecule has 22 heavy (non-hydrogen) atoms. The van der Waals surface area contributed by atoms with Crippen LogP contribution in [0.15, 0.2) is 29.2 Å². The van der Waals surface area contributed by atoms with E-state index in [1.54, 1.807) is 13.8 Å². The average Bonchev–Trinajstić information content (AvgIpc) is 2.71. The summed E-state index contributed by atoms with van der Waals surface area (Å²) in [4.78, 5) is 2.88. The van der Waals surface area contributed by atoms with Gasteiger partial charge in [-0.2, -0.15) is 0 Å². The number of nitrogens with one attached hydrogen (secondary N) is 1. The number of aryl methyl sites for hydroxylation is 1. The Balaban J connectivity index is 2.28. The number of hydrogen-bond acceptors (Lipinski definition) is 5. The minimum absolute atomic E-state index is 0.0306. The summed E-state index contributed by atoms with van der Waals surface area (Å²) >= 11 is 1.46. The van der Waals surface area contributed by atoms with Crippen molar-refractivity contribution in [1.29, 1.82) is 0 Å². The van der Waals surface area contributed by atoms with Gasteiger partial charge in [0, 0.05) is 28.1 Å². The Kier molecular flexibility index (Phi) is 4.93. The number of sulfonamides is 1. The fourth-order valence-corrected chi connectivity index (χ4v) is 5.51. The third kappa shape index (κ3) is 3.85. The molecule has 0 bridgehead atoms. The molecule has 0 aliphatic carbocycles. The summed E-state index contributed by atoms with van der Waals surface area (Å²) in [5.41, 5.74) is -1.13. The fraction of sp³-hybridized carbons (Fsp3) is 0.467. The van der Waals surface area contributed by atoms with E-state index >= 15 is 0 Å². The molecule has 0 spiro atoms. The molecule has 0 aliphatic heterocycles. The van der Waals surface area contributed by atoms with Crippen molar-refractivity contribution in [3.05, 3.63) is 29.1 Å². The van der Waals surface area contributed by atoms with Crippen LogP contribution in [0.1, 0.15) is 11.8 Å². The van der Waals surface area contributed by atoms with Crippen LogP contribution < -0.4 is 4.72 Å². The van der Waals surface area contributed by atoms with Crippen molar-refractivity contribution >= 4 is 31.4 Å². The van der Waals surface area contributed by atoms with Gasteiger partial charge in [-0.3, -0.25) is 0 Å². The van der Waals surface area contributed by atoms with Gasteiger partial charge in [-0.05, 0) is 34.0 Å². The Bertz CT molecular complexity index is 764. The highest BCUT2D eigenvalue weighted by atomic mass is 32.2. The summed E-state index contributed by atoms with van der Waals surface area (Å²) in [6.45, 7) is 3.77. The smallest absolute Gasteiger partial charge is 0.242 e. The Labute approximate surface area is 135 Å². The van der Waals surface area contributed by atoms with Gasteiger partial charge in [0.2, 0.25) is 10.0 Å². The van der Waals surface area contributed by atoms with Crippen molar-refractivity contribution < 1.29 is 13.5 Å². The Morgan fingerprint density at radius 2 is 1.95 bits per heavy atom. The molecule has 0 amide bonds. The first-order chi connectivity index (χ1) is 10.1.